The average Bonchev–Trinajstić information content (AvgIpc) is 2.73. The van der Waals surface area contributed by atoms with Crippen molar-refractivity contribution in [1.82, 2.24) is 9.97 Å². The molecule has 0 aliphatic carbocycles. The quantitative estimate of drug-likeness (QED) is 0.614. The highest BCUT2D eigenvalue weighted by molar-refractivity contribution is 7.92. The van der Waals surface area contributed by atoms with E-state index < -0.39 is 10.0 Å². The first-order chi connectivity index (χ1) is 13.5. The minimum atomic E-state index is -3.75. The van der Waals surface area contributed by atoms with E-state index in [1.54, 1.807) is 48.7 Å². The number of anilines is 1. The summed E-state index contributed by atoms with van der Waals surface area (Å²) in [7, 11) is -0.762. The fourth-order valence-corrected chi connectivity index (χ4v) is 3.39. The molecule has 2 aromatic carbocycles. The van der Waals surface area contributed by atoms with Gasteiger partial charge in [0.15, 0.2) is 5.82 Å². The van der Waals surface area contributed by atoms with E-state index in [9.17, 15) is 8.42 Å². The zero-order valence-electron chi connectivity index (χ0n) is 15.2. The van der Waals surface area contributed by atoms with Gasteiger partial charge in [0.1, 0.15) is 12.1 Å². The fraction of sp³-hybridized carbons (Fsp3) is 0.105. The SMILES string of the molecule is COc1cc(N=Cc2ccc(S(=O)(=O)Nc3ccccc3OC)cc2)ncn1. The number of nitrogens with one attached hydrogen (secondary N) is 1. The third kappa shape index (κ3) is 4.63. The van der Waals surface area contributed by atoms with Crippen molar-refractivity contribution in [1.29, 1.82) is 0 Å². The van der Waals surface area contributed by atoms with Crippen molar-refractivity contribution in [2.45, 2.75) is 4.90 Å². The van der Waals surface area contributed by atoms with Crippen LogP contribution in [0.2, 0.25) is 0 Å². The molecule has 1 N–H and O–H groups in total. The number of sulfonamides is 1. The number of para-hydroxylation sites is 2. The van der Waals surface area contributed by atoms with Crippen LogP contribution in [-0.2, 0) is 10.0 Å². The van der Waals surface area contributed by atoms with E-state index in [1.165, 1.54) is 32.7 Å². The first-order valence-electron chi connectivity index (χ1n) is 8.18. The van der Waals surface area contributed by atoms with Crippen LogP contribution in [0, 0.1) is 0 Å². The molecule has 0 atom stereocenters. The van der Waals surface area contributed by atoms with E-state index in [0.717, 1.165) is 0 Å². The summed E-state index contributed by atoms with van der Waals surface area (Å²) in [6.45, 7) is 0. The zero-order valence-corrected chi connectivity index (χ0v) is 16.1. The van der Waals surface area contributed by atoms with E-state index >= 15 is 0 Å². The minimum absolute atomic E-state index is 0.124. The molecule has 0 spiro atoms. The van der Waals surface area contributed by atoms with Gasteiger partial charge in [0, 0.05) is 12.3 Å². The van der Waals surface area contributed by atoms with Crippen LogP contribution >= 0.6 is 0 Å². The van der Waals surface area contributed by atoms with Gasteiger partial charge in [-0.15, -0.1) is 0 Å². The lowest BCUT2D eigenvalue weighted by Crippen LogP contribution is -2.13. The van der Waals surface area contributed by atoms with Crippen LogP contribution in [0.3, 0.4) is 0 Å². The van der Waals surface area contributed by atoms with Gasteiger partial charge in [-0.1, -0.05) is 24.3 Å². The molecule has 0 radical (unpaired) electrons. The molecule has 0 amide bonds. The van der Waals surface area contributed by atoms with Crippen molar-refractivity contribution in [3.05, 3.63) is 66.5 Å². The van der Waals surface area contributed by atoms with Gasteiger partial charge in [0.05, 0.1) is 24.8 Å². The largest absolute Gasteiger partial charge is 0.495 e. The fourth-order valence-electron chi connectivity index (χ4n) is 2.32. The monoisotopic (exact) mass is 398 g/mol. The Hall–Kier alpha value is -3.46. The van der Waals surface area contributed by atoms with Crippen LogP contribution in [0.4, 0.5) is 11.5 Å². The Balaban J connectivity index is 1.76. The molecule has 0 bridgehead atoms. The van der Waals surface area contributed by atoms with Crippen LogP contribution in [0.1, 0.15) is 5.56 Å². The lowest BCUT2D eigenvalue weighted by Gasteiger charge is -2.11. The van der Waals surface area contributed by atoms with Gasteiger partial charge in [-0.05, 0) is 29.8 Å². The van der Waals surface area contributed by atoms with Gasteiger partial charge in [0.2, 0.25) is 5.88 Å². The summed E-state index contributed by atoms with van der Waals surface area (Å²) in [6, 6.07) is 14.7. The molecule has 3 aromatic rings. The minimum Gasteiger partial charge on any atom is -0.495 e. The highest BCUT2D eigenvalue weighted by Gasteiger charge is 2.16. The predicted octanol–water partition coefficient (Wildman–Crippen LogP) is 3.05. The standard InChI is InChI=1S/C19H18N4O4S/c1-26-17-6-4-3-5-16(17)23-28(24,25)15-9-7-14(8-10-15)12-20-18-11-19(27-2)22-13-21-18/h3-13,23H,1-2H3. The van der Waals surface area contributed by atoms with Crippen LogP contribution in [0.5, 0.6) is 11.6 Å². The molecular weight excluding hydrogens is 380 g/mol. The molecule has 1 aromatic heterocycles. The Morgan fingerprint density at radius 1 is 1.00 bits per heavy atom. The maximum absolute atomic E-state index is 12.6. The first kappa shape index (κ1) is 19.3. The van der Waals surface area contributed by atoms with Crippen LogP contribution in [0.15, 0.2) is 70.8 Å². The Kier molecular flexibility index (Phi) is 5.85. The van der Waals surface area contributed by atoms with Gasteiger partial charge < -0.3 is 9.47 Å². The van der Waals surface area contributed by atoms with E-state index in [4.69, 9.17) is 9.47 Å². The topological polar surface area (TPSA) is 103 Å². The third-order valence-electron chi connectivity index (χ3n) is 3.72. The van der Waals surface area contributed by atoms with Crippen molar-refractivity contribution in [2.24, 2.45) is 4.99 Å². The summed E-state index contributed by atoms with van der Waals surface area (Å²) in [5.74, 6) is 1.28. The summed E-state index contributed by atoms with van der Waals surface area (Å²) in [5.41, 5.74) is 1.09. The maximum atomic E-state index is 12.6. The number of nitrogens with zero attached hydrogens (tertiary/aromatic N) is 3. The van der Waals surface area contributed by atoms with E-state index in [2.05, 4.69) is 19.7 Å². The first-order valence-corrected chi connectivity index (χ1v) is 9.66. The molecule has 144 valence electrons. The van der Waals surface area contributed by atoms with Crippen LogP contribution < -0.4 is 14.2 Å². The van der Waals surface area contributed by atoms with E-state index in [1.807, 2.05) is 0 Å². The highest BCUT2D eigenvalue weighted by Crippen LogP contribution is 2.26. The number of methoxy groups -OCH3 is 2. The second-order valence-corrected chi connectivity index (χ2v) is 7.23. The summed E-state index contributed by atoms with van der Waals surface area (Å²) < 4.78 is 37.9. The molecule has 0 aliphatic heterocycles. The molecule has 0 unspecified atom stereocenters. The highest BCUT2D eigenvalue weighted by atomic mass is 32.2. The van der Waals surface area contributed by atoms with Crippen LogP contribution in [0.25, 0.3) is 0 Å². The third-order valence-corrected chi connectivity index (χ3v) is 5.11. The molecule has 0 aliphatic rings. The second kappa shape index (κ2) is 8.49. The summed E-state index contributed by atoms with van der Waals surface area (Å²) in [6.07, 6.45) is 2.93. The molecule has 1 heterocycles. The van der Waals surface area contributed by atoms with Gasteiger partial charge in [0.25, 0.3) is 10.0 Å². The lowest BCUT2D eigenvalue weighted by molar-refractivity contribution is 0.397. The lowest BCUT2D eigenvalue weighted by atomic mass is 10.2. The molecule has 3 rings (SSSR count). The number of benzene rings is 2. The maximum Gasteiger partial charge on any atom is 0.262 e. The van der Waals surface area contributed by atoms with Crippen molar-refractivity contribution in [3.63, 3.8) is 0 Å². The van der Waals surface area contributed by atoms with E-state index in [-0.39, 0.29) is 4.90 Å². The Morgan fingerprint density at radius 2 is 1.75 bits per heavy atom. The summed E-state index contributed by atoms with van der Waals surface area (Å²) in [4.78, 5) is 12.3. The smallest absolute Gasteiger partial charge is 0.262 e. The molecule has 8 nitrogen and oxygen atoms in total. The number of aromatic nitrogens is 2. The number of hydrogen-bond donors (Lipinski definition) is 1. The van der Waals surface area contributed by atoms with Gasteiger partial charge >= 0.3 is 0 Å². The summed E-state index contributed by atoms with van der Waals surface area (Å²) >= 11 is 0. The van der Waals surface area contributed by atoms with Gasteiger partial charge in [-0.3, -0.25) is 4.72 Å². The molecule has 0 fully saturated rings. The number of hydrogen-bond acceptors (Lipinski definition) is 7. The van der Waals surface area contributed by atoms with Crippen molar-refractivity contribution < 1.29 is 17.9 Å². The molecule has 9 heteroatoms. The number of aliphatic imine (C=N–C) groups is 1. The Morgan fingerprint density at radius 3 is 2.46 bits per heavy atom. The average molecular weight is 398 g/mol. The van der Waals surface area contributed by atoms with Crippen molar-refractivity contribution in [3.8, 4) is 11.6 Å². The summed E-state index contributed by atoms with van der Waals surface area (Å²) in [5, 5.41) is 0. The normalized spacial score (nSPS) is 11.4. The van der Waals surface area contributed by atoms with E-state index in [0.29, 0.717) is 28.7 Å². The number of ether oxygens (including phenoxy) is 2. The molecule has 28 heavy (non-hydrogen) atoms. The zero-order chi connectivity index (χ0) is 20.0. The van der Waals surface area contributed by atoms with Crippen molar-refractivity contribution >= 4 is 27.7 Å². The van der Waals surface area contributed by atoms with Gasteiger partial charge in [-0.25, -0.2) is 23.4 Å². The van der Waals surface area contributed by atoms with Crippen LogP contribution in [-0.4, -0.2) is 38.8 Å². The molecule has 0 saturated carbocycles. The number of rotatable bonds is 7. The Bertz CT molecular complexity index is 1080. The van der Waals surface area contributed by atoms with Crippen molar-refractivity contribution in [2.75, 3.05) is 18.9 Å². The molecule has 0 saturated heterocycles. The second-order valence-electron chi connectivity index (χ2n) is 5.55. The van der Waals surface area contributed by atoms with Gasteiger partial charge in [-0.2, -0.15) is 0 Å². The predicted molar refractivity (Wildman–Crippen MR) is 106 cm³/mol. The molecular formula is C19H18N4O4S. The Labute approximate surface area is 163 Å².